The molecule has 2 saturated heterocycles. The summed E-state index contributed by atoms with van der Waals surface area (Å²) >= 11 is 0. The summed E-state index contributed by atoms with van der Waals surface area (Å²) in [5.41, 5.74) is 0. The van der Waals surface area contributed by atoms with E-state index in [2.05, 4.69) is 35.9 Å². The van der Waals surface area contributed by atoms with Crippen molar-refractivity contribution in [1.82, 2.24) is 15.1 Å². The van der Waals surface area contributed by atoms with Crippen LogP contribution in [0.15, 0.2) is 0 Å². The lowest BCUT2D eigenvalue weighted by atomic mass is 9.97. The van der Waals surface area contributed by atoms with Crippen LogP contribution >= 0.6 is 0 Å². The summed E-state index contributed by atoms with van der Waals surface area (Å²) in [6, 6.07) is 0. The maximum atomic E-state index is 3.51. The van der Waals surface area contributed by atoms with Gasteiger partial charge in [-0.3, -0.25) is 0 Å². The van der Waals surface area contributed by atoms with Gasteiger partial charge in [0, 0.05) is 39.3 Å². The van der Waals surface area contributed by atoms with E-state index >= 15 is 0 Å². The lowest BCUT2D eigenvalue weighted by molar-refractivity contribution is 0.106. The molecule has 3 heteroatoms. The molecule has 1 N–H and O–H groups in total. The minimum atomic E-state index is 0.806. The summed E-state index contributed by atoms with van der Waals surface area (Å²) < 4.78 is 0. The summed E-state index contributed by atoms with van der Waals surface area (Å²) in [4.78, 5) is 5.29. The Morgan fingerprint density at radius 2 is 1.71 bits per heavy atom. The van der Waals surface area contributed by atoms with Gasteiger partial charge in [-0.25, -0.2) is 0 Å². The Hall–Kier alpha value is -0.120. The highest BCUT2D eigenvalue weighted by Crippen LogP contribution is 2.18. The Morgan fingerprint density at radius 1 is 1.06 bits per heavy atom. The molecule has 2 rings (SSSR count). The van der Waals surface area contributed by atoms with Crippen LogP contribution < -0.4 is 5.32 Å². The van der Waals surface area contributed by atoms with E-state index in [0.717, 1.165) is 17.8 Å². The second kappa shape index (κ2) is 6.17. The van der Waals surface area contributed by atoms with Gasteiger partial charge in [0.05, 0.1) is 0 Å². The molecule has 0 amide bonds. The molecule has 0 spiro atoms. The van der Waals surface area contributed by atoms with Crippen molar-refractivity contribution in [1.29, 1.82) is 0 Å². The number of nitrogens with zero attached hydrogens (tertiary/aromatic N) is 2. The summed E-state index contributed by atoms with van der Waals surface area (Å²) in [5, 5.41) is 3.51. The standard InChI is InChI=1S/C14H29N3/c1-12(2)10-16-4-6-17(7-5-16)11-14-9-15-8-13(14)3/h12-15H,4-11H2,1-3H3. The zero-order chi connectivity index (χ0) is 12.3. The monoisotopic (exact) mass is 239 g/mol. The molecular formula is C14H29N3. The predicted molar refractivity (Wildman–Crippen MR) is 73.2 cm³/mol. The zero-order valence-electron chi connectivity index (χ0n) is 11.8. The third-order valence-corrected chi connectivity index (χ3v) is 4.26. The molecule has 2 atom stereocenters. The lowest BCUT2D eigenvalue weighted by Gasteiger charge is -2.37. The fourth-order valence-corrected chi connectivity index (χ4v) is 3.11. The largest absolute Gasteiger partial charge is 0.316 e. The molecule has 2 fully saturated rings. The Kier molecular flexibility index (Phi) is 4.83. The van der Waals surface area contributed by atoms with E-state index in [0.29, 0.717) is 0 Å². The molecule has 0 aromatic carbocycles. The van der Waals surface area contributed by atoms with Crippen molar-refractivity contribution in [3.8, 4) is 0 Å². The highest BCUT2D eigenvalue weighted by Gasteiger charge is 2.26. The van der Waals surface area contributed by atoms with Crippen molar-refractivity contribution >= 4 is 0 Å². The number of nitrogens with one attached hydrogen (secondary N) is 1. The van der Waals surface area contributed by atoms with Crippen LogP contribution in [0.1, 0.15) is 20.8 Å². The van der Waals surface area contributed by atoms with Gasteiger partial charge in [-0.05, 0) is 30.8 Å². The van der Waals surface area contributed by atoms with Gasteiger partial charge in [0.2, 0.25) is 0 Å². The fourth-order valence-electron chi connectivity index (χ4n) is 3.11. The normalized spacial score (nSPS) is 32.5. The average Bonchev–Trinajstić information content (AvgIpc) is 2.67. The topological polar surface area (TPSA) is 18.5 Å². The second-order valence-corrected chi connectivity index (χ2v) is 6.39. The van der Waals surface area contributed by atoms with Crippen LogP contribution in [0.4, 0.5) is 0 Å². The van der Waals surface area contributed by atoms with Crippen LogP contribution in [0.3, 0.4) is 0 Å². The molecule has 0 aromatic rings. The fraction of sp³-hybridized carbons (Fsp3) is 1.00. The van der Waals surface area contributed by atoms with Crippen LogP contribution in [0.5, 0.6) is 0 Å². The Morgan fingerprint density at radius 3 is 2.24 bits per heavy atom. The van der Waals surface area contributed by atoms with Crippen LogP contribution in [-0.2, 0) is 0 Å². The van der Waals surface area contributed by atoms with Crippen LogP contribution in [0, 0.1) is 17.8 Å². The van der Waals surface area contributed by atoms with Gasteiger partial charge in [0.25, 0.3) is 0 Å². The molecule has 0 bridgehead atoms. The van der Waals surface area contributed by atoms with E-state index in [1.165, 1.54) is 52.4 Å². The van der Waals surface area contributed by atoms with Crippen molar-refractivity contribution in [2.24, 2.45) is 17.8 Å². The molecular weight excluding hydrogens is 210 g/mol. The SMILES string of the molecule is CC(C)CN1CCN(CC2CNCC2C)CC1. The van der Waals surface area contributed by atoms with Gasteiger partial charge in [-0.1, -0.05) is 20.8 Å². The number of piperazine rings is 1. The van der Waals surface area contributed by atoms with Gasteiger partial charge >= 0.3 is 0 Å². The van der Waals surface area contributed by atoms with E-state index < -0.39 is 0 Å². The average molecular weight is 239 g/mol. The molecule has 2 heterocycles. The molecule has 0 aliphatic carbocycles. The molecule has 3 nitrogen and oxygen atoms in total. The van der Waals surface area contributed by atoms with Crippen molar-refractivity contribution in [3.05, 3.63) is 0 Å². The van der Waals surface area contributed by atoms with Gasteiger partial charge in [-0.2, -0.15) is 0 Å². The second-order valence-electron chi connectivity index (χ2n) is 6.39. The first kappa shape index (κ1) is 13.3. The van der Waals surface area contributed by atoms with Gasteiger partial charge in [-0.15, -0.1) is 0 Å². The third kappa shape index (κ3) is 3.94. The predicted octanol–water partition coefficient (Wildman–Crippen LogP) is 1.12. The Balaban J connectivity index is 1.68. The molecule has 2 unspecified atom stereocenters. The lowest BCUT2D eigenvalue weighted by Crippen LogP contribution is -2.49. The summed E-state index contributed by atoms with van der Waals surface area (Å²) in [6.45, 7) is 17.1. The molecule has 17 heavy (non-hydrogen) atoms. The molecule has 2 aliphatic heterocycles. The van der Waals surface area contributed by atoms with Crippen molar-refractivity contribution in [2.45, 2.75) is 20.8 Å². The minimum Gasteiger partial charge on any atom is -0.316 e. The van der Waals surface area contributed by atoms with E-state index in [4.69, 9.17) is 0 Å². The molecule has 0 aromatic heterocycles. The first-order valence-electron chi connectivity index (χ1n) is 7.30. The number of hydrogen-bond donors (Lipinski definition) is 1. The van der Waals surface area contributed by atoms with E-state index in [-0.39, 0.29) is 0 Å². The number of rotatable bonds is 4. The third-order valence-electron chi connectivity index (χ3n) is 4.26. The summed E-state index contributed by atoms with van der Waals surface area (Å²) in [5.74, 6) is 2.55. The molecule has 2 aliphatic rings. The van der Waals surface area contributed by atoms with Gasteiger partial charge < -0.3 is 15.1 Å². The summed E-state index contributed by atoms with van der Waals surface area (Å²) in [6.07, 6.45) is 0. The smallest absolute Gasteiger partial charge is 0.0110 e. The van der Waals surface area contributed by atoms with Crippen molar-refractivity contribution < 1.29 is 0 Å². The quantitative estimate of drug-likeness (QED) is 0.793. The van der Waals surface area contributed by atoms with Crippen LogP contribution in [0.2, 0.25) is 0 Å². The van der Waals surface area contributed by atoms with Gasteiger partial charge in [0.15, 0.2) is 0 Å². The van der Waals surface area contributed by atoms with E-state index in [9.17, 15) is 0 Å². The highest BCUT2D eigenvalue weighted by atomic mass is 15.3. The van der Waals surface area contributed by atoms with Gasteiger partial charge in [0.1, 0.15) is 0 Å². The van der Waals surface area contributed by atoms with Crippen molar-refractivity contribution in [2.75, 3.05) is 52.4 Å². The van der Waals surface area contributed by atoms with Crippen molar-refractivity contribution in [3.63, 3.8) is 0 Å². The zero-order valence-corrected chi connectivity index (χ0v) is 11.8. The Bertz CT molecular complexity index is 222. The van der Waals surface area contributed by atoms with Crippen LogP contribution in [0.25, 0.3) is 0 Å². The molecule has 0 radical (unpaired) electrons. The maximum Gasteiger partial charge on any atom is 0.0110 e. The van der Waals surface area contributed by atoms with E-state index in [1.54, 1.807) is 0 Å². The molecule has 0 saturated carbocycles. The first-order valence-corrected chi connectivity index (χ1v) is 7.30. The maximum absolute atomic E-state index is 3.51. The Labute approximate surface area is 107 Å². The number of hydrogen-bond acceptors (Lipinski definition) is 3. The first-order chi connectivity index (χ1) is 8.15. The molecule has 100 valence electrons. The minimum absolute atomic E-state index is 0.806. The van der Waals surface area contributed by atoms with E-state index in [1.807, 2.05) is 0 Å². The van der Waals surface area contributed by atoms with Crippen LogP contribution in [-0.4, -0.2) is 62.2 Å². The summed E-state index contributed by atoms with van der Waals surface area (Å²) in [7, 11) is 0. The highest BCUT2D eigenvalue weighted by molar-refractivity contribution is 4.82.